The minimum Gasteiger partial charge on any atom is -0.489 e. The first-order valence-corrected chi connectivity index (χ1v) is 12.4. The predicted octanol–water partition coefficient (Wildman–Crippen LogP) is 6.20. The van der Waals surface area contributed by atoms with E-state index >= 15 is 0 Å². The van der Waals surface area contributed by atoms with Crippen molar-refractivity contribution in [2.45, 2.75) is 39.0 Å². The van der Waals surface area contributed by atoms with E-state index in [1.165, 1.54) is 21.8 Å². The number of rotatable bonds is 7. The third-order valence-electron chi connectivity index (χ3n) is 7.40. The van der Waals surface area contributed by atoms with Gasteiger partial charge in [-0.1, -0.05) is 17.7 Å². The van der Waals surface area contributed by atoms with E-state index in [0.717, 1.165) is 43.1 Å². The van der Waals surface area contributed by atoms with Crippen LogP contribution in [-0.2, 0) is 24.0 Å². The number of aryl methyl sites for hydroxylation is 1. The molecule has 1 atom stereocenters. The fourth-order valence-corrected chi connectivity index (χ4v) is 5.33. The summed E-state index contributed by atoms with van der Waals surface area (Å²) in [7, 11) is 0. The molecule has 1 saturated heterocycles. The summed E-state index contributed by atoms with van der Waals surface area (Å²) in [4.78, 5) is 13.5. The molecule has 194 valence electrons. The number of halogens is 3. The van der Waals surface area contributed by atoms with Gasteiger partial charge >= 0.3 is 12.1 Å². The first kappa shape index (κ1) is 25.1. The van der Waals surface area contributed by atoms with Gasteiger partial charge in [0.15, 0.2) is 0 Å². The Hall–Kier alpha value is -3.52. The first-order chi connectivity index (χ1) is 17.7. The molecule has 0 unspecified atom stereocenters. The number of alkyl halides is 3. The monoisotopic (exact) mass is 510 g/mol. The van der Waals surface area contributed by atoms with Gasteiger partial charge in [0.25, 0.3) is 0 Å². The third-order valence-corrected chi connectivity index (χ3v) is 7.40. The molecule has 3 aromatic rings. The largest absolute Gasteiger partial charge is 0.489 e. The van der Waals surface area contributed by atoms with Crippen LogP contribution in [0.4, 0.5) is 13.2 Å². The molecule has 1 aliphatic heterocycles. The maximum atomic E-state index is 13.7. The lowest BCUT2D eigenvalue weighted by molar-refractivity contribution is -0.141. The Morgan fingerprint density at radius 3 is 2.59 bits per heavy atom. The number of carboxylic acids is 1. The fraction of sp³-hybridized carbons (Fsp3) is 0.345. The Morgan fingerprint density at radius 2 is 1.89 bits per heavy atom. The Bertz CT molecular complexity index is 1330. The van der Waals surface area contributed by atoms with E-state index in [2.05, 4.69) is 11.8 Å². The average Bonchev–Trinajstić information content (AvgIpc) is 3.57. The highest BCUT2D eigenvalue weighted by Gasteiger charge is 2.34. The van der Waals surface area contributed by atoms with Crippen molar-refractivity contribution in [1.82, 2.24) is 9.47 Å². The lowest BCUT2D eigenvalue weighted by atomic mass is 9.86. The van der Waals surface area contributed by atoms with Crippen molar-refractivity contribution < 1.29 is 27.8 Å². The molecular weight excluding hydrogens is 481 g/mol. The number of aliphatic carboxylic acids is 1. The molecule has 2 heterocycles. The van der Waals surface area contributed by atoms with Gasteiger partial charge in [0.05, 0.1) is 17.2 Å². The minimum absolute atomic E-state index is 0.0353. The van der Waals surface area contributed by atoms with E-state index in [-0.39, 0.29) is 18.2 Å². The van der Waals surface area contributed by atoms with Gasteiger partial charge in [0, 0.05) is 25.5 Å². The molecule has 5 nitrogen and oxygen atoms in total. The Kier molecular flexibility index (Phi) is 6.86. The summed E-state index contributed by atoms with van der Waals surface area (Å²) in [6, 6.07) is 13.5. The summed E-state index contributed by atoms with van der Waals surface area (Å²) in [5.41, 5.74) is 4.68. The van der Waals surface area contributed by atoms with E-state index in [1.54, 1.807) is 30.6 Å². The van der Waals surface area contributed by atoms with Gasteiger partial charge in [-0.2, -0.15) is 13.2 Å². The molecule has 0 amide bonds. The molecular formula is C29H29F3N2O3. The van der Waals surface area contributed by atoms with Crippen LogP contribution in [0, 0.1) is 5.92 Å². The topological polar surface area (TPSA) is 54.7 Å². The predicted molar refractivity (Wildman–Crippen MR) is 135 cm³/mol. The van der Waals surface area contributed by atoms with Gasteiger partial charge in [-0.05, 0) is 91.4 Å². The molecule has 2 aliphatic rings. The zero-order valence-electron chi connectivity index (χ0n) is 20.6. The van der Waals surface area contributed by atoms with Crippen LogP contribution >= 0.6 is 0 Å². The van der Waals surface area contributed by atoms with Crippen LogP contribution < -0.4 is 4.74 Å². The standard InChI is InChI=1S/C29H29F3N2O3/c1-19-22(16-33-13-10-23(17-33)28(35)36)6-5-21-15-24(7-8-25(19)21)37-18-20-4-9-27(34-11-2-3-12-34)26(14-20)29(30,31)32/h2-4,7-9,11-12,14-15,23H,5-6,10,13,16-18H2,1H3,(H,35,36)/t23-/m0/s1. The summed E-state index contributed by atoms with van der Waals surface area (Å²) < 4.78 is 48.6. The number of hydrogen-bond donors (Lipinski definition) is 1. The van der Waals surface area contributed by atoms with Gasteiger partial charge in [0.1, 0.15) is 12.4 Å². The fourth-order valence-electron chi connectivity index (χ4n) is 5.33. The van der Waals surface area contributed by atoms with Crippen LogP contribution in [-0.4, -0.2) is 40.2 Å². The van der Waals surface area contributed by atoms with Crippen LogP contribution in [0.15, 0.2) is 66.5 Å². The van der Waals surface area contributed by atoms with Gasteiger partial charge in [-0.3, -0.25) is 9.69 Å². The molecule has 0 radical (unpaired) electrons. The molecule has 2 aromatic carbocycles. The molecule has 37 heavy (non-hydrogen) atoms. The molecule has 1 fully saturated rings. The van der Waals surface area contributed by atoms with Crippen LogP contribution in [0.5, 0.6) is 5.75 Å². The van der Waals surface area contributed by atoms with Gasteiger partial charge in [-0.15, -0.1) is 0 Å². The zero-order valence-corrected chi connectivity index (χ0v) is 20.6. The minimum atomic E-state index is -4.48. The second-order valence-corrected chi connectivity index (χ2v) is 9.83. The van der Waals surface area contributed by atoms with Crippen LogP contribution in [0.25, 0.3) is 11.3 Å². The van der Waals surface area contributed by atoms with E-state index in [4.69, 9.17) is 4.74 Å². The number of fused-ring (bicyclic) bond motifs is 1. The highest BCUT2D eigenvalue weighted by molar-refractivity contribution is 5.73. The van der Waals surface area contributed by atoms with Crippen molar-refractivity contribution in [2.75, 3.05) is 19.6 Å². The third kappa shape index (κ3) is 5.44. The number of hydrogen-bond acceptors (Lipinski definition) is 3. The molecule has 1 aromatic heterocycles. The molecule has 8 heteroatoms. The van der Waals surface area contributed by atoms with Crippen molar-refractivity contribution in [1.29, 1.82) is 0 Å². The highest BCUT2D eigenvalue weighted by Crippen LogP contribution is 2.36. The van der Waals surface area contributed by atoms with Gasteiger partial charge in [-0.25, -0.2) is 0 Å². The summed E-state index contributed by atoms with van der Waals surface area (Å²) >= 11 is 0. The number of benzene rings is 2. The maximum absolute atomic E-state index is 13.7. The number of nitrogens with zero attached hydrogens (tertiary/aromatic N) is 2. The van der Waals surface area contributed by atoms with E-state index < -0.39 is 17.7 Å². The van der Waals surface area contributed by atoms with Crippen molar-refractivity contribution >= 4 is 11.5 Å². The lowest BCUT2D eigenvalue weighted by Crippen LogP contribution is -2.26. The molecule has 0 spiro atoms. The molecule has 5 rings (SSSR count). The maximum Gasteiger partial charge on any atom is 0.418 e. The Balaban J connectivity index is 1.28. The van der Waals surface area contributed by atoms with E-state index in [1.807, 2.05) is 18.2 Å². The quantitative estimate of drug-likeness (QED) is 0.411. The van der Waals surface area contributed by atoms with Crippen molar-refractivity contribution in [3.05, 3.63) is 88.8 Å². The number of likely N-dealkylation sites (tertiary alicyclic amines) is 1. The zero-order chi connectivity index (χ0) is 26.2. The van der Waals surface area contributed by atoms with Crippen molar-refractivity contribution in [2.24, 2.45) is 5.92 Å². The number of ether oxygens (including phenoxy) is 1. The summed E-state index contributed by atoms with van der Waals surface area (Å²) in [5, 5.41) is 9.26. The van der Waals surface area contributed by atoms with Crippen molar-refractivity contribution in [3.63, 3.8) is 0 Å². The Morgan fingerprint density at radius 1 is 1.11 bits per heavy atom. The van der Waals surface area contributed by atoms with E-state index in [9.17, 15) is 23.1 Å². The summed E-state index contributed by atoms with van der Waals surface area (Å²) in [6.07, 6.45) is 1.14. The van der Waals surface area contributed by atoms with Gasteiger partial charge in [0.2, 0.25) is 0 Å². The van der Waals surface area contributed by atoms with E-state index in [0.29, 0.717) is 24.3 Å². The second kappa shape index (κ2) is 10.1. The lowest BCUT2D eigenvalue weighted by Gasteiger charge is -2.25. The number of aromatic nitrogens is 1. The number of carbonyl (C=O) groups is 1. The number of allylic oxidation sites excluding steroid dienone is 1. The summed E-state index contributed by atoms with van der Waals surface area (Å²) in [5.74, 6) is -0.378. The Labute approximate surface area is 213 Å². The van der Waals surface area contributed by atoms with Crippen LogP contribution in [0.2, 0.25) is 0 Å². The van der Waals surface area contributed by atoms with Gasteiger partial charge < -0.3 is 14.4 Å². The number of carboxylic acid groups (broad SMARTS) is 1. The highest BCUT2D eigenvalue weighted by atomic mass is 19.4. The molecule has 1 aliphatic carbocycles. The summed E-state index contributed by atoms with van der Waals surface area (Å²) in [6.45, 7) is 4.31. The second-order valence-electron chi connectivity index (χ2n) is 9.83. The molecule has 0 saturated carbocycles. The first-order valence-electron chi connectivity index (χ1n) is 12.4. The smallest absolute Gasteiger partial charge is 0.418 e. The molecule has 1 N–H and O–H groups in total. The van der Waals surface area contributed by atoms with Crippen LogP contribution in [0.3, 0.4) is 0 Å². The SMILES string of the molecule is CC1=C(CN2CC[C@H](C(=O)O)C2)CCc2cc(OCc3ccc(-n4cccc4)c(C(F)(F)F)c3)ccc21. The van der Waals surface area contributed by atoms with Crippen LogP contribution in [0.1, 0.15) is 42.0 Å². The van der Waals surface area contributed by atoms with Crippen molar-refractivity contribution in [3.8, 4) is 11.4 Å². The average molecular weight is 511 g/mol. The molecule has 0 bridgehead atoms. The normalized spacial score (nSPS) is 18.2.